The molecule has 0 saturated heterocycles. The first-order valence-corrected chi connectivity index (χ1v) is 8.42. The van der Waals surface area contributed by atoms with Gasteiger partial charge in [0.15, 0.2) is 0 Å². The Morgan fingerprint density at radius 1 is 1.07 bits per heavy atom. The van der Waals surface area contributed by atoms with Crippen molar-refractivity contribution in [2.24, 2.45) is 0 Å². The zero-order valence-corrected chi connectivity index (χ0v) is 10.4. The molecule has 0 amide bonds. The Kier molecular flexibility index (Phi) is 3.53. The van der Waals surface area contributed by atoms with Crippen molar-refractivity contribution in [2.75, 3.05) is 7.11 Å². The molecule has 1 aromatic carbocycles. The highest BCUT2D eigenvalue weighted by Gasteiger charge is 2.06. The van der Waals surface area contributed by atoms with Crippen molar-refractivity contribution in [3.8, 4) is 5.75 Å². The van der Waals surface area contributed by atoms with Crippen LogP contribution in [0.1, 0.15) is 5.56 Å². The van der Waals surface area contributed by atoms with Gasteiger partial charge in [0.05, 0.1) is 15.2 Å². The van der Waals surface area contributed by atoms with Crippen LogP contribution < -0.4 is 4.74 Å². The average Bonchev–Trinajstić information content (AvgIpc) is 2.14. The van der Waals surface area contributed by atoms with E-state index in [1.165, 1.54) is 5.56 Å². The Bertz CT molecular complexity index is 306. The molecule has 0 fully saturated rings. The Morgan fingerprint density at radius 3 is 2.07 bits per heavy atom. The van der Waals surface area contributed by atoms with Gasteiger partial charge < -0.3 is 4.74 Å². The van der Waals surface area contributed by atoms with Crippen molar-refractivity contribution < 1.29 is 4.74 Å². The summed E-state index contributed by atoms with van der Waals surface area (Å²) in [5, 5.41) is 0. The van der Waals surface area contributed by atoms with Gasteiger partial charge in [0.1, 0.15) is 5.75 Å². The van der Waals surface area contributed by atoms with Crippen LogP contribution in [0.2, 0.25) is 19.6 Å². The van der Waals surface area contributed by atoms with Crippen LogP contribution in [-0.4, -0.2) is 15.2 Å². The van der Waals surface area contributed by atoms with E-state index in [1.807, 2.05) is 12.1 Å². The lowest BCUT2D eigenvalue weighted by atomic mass is 10.2. The molecule has 2 heteroatoms. The van der Waals surface area contributed by atoms with Crippen LogP contribution >= 0.6 is 0 Å². The molecule has 0 aromatic heterocycles. The van der Waals surface area contributed by atoms with Gasteiger partial charge in [-0.15, -0.1) is 0 Å². The van der Waals surface area contributed by atoms with Gasteiger partial charge in [-0.05, 0) is 17.7 Å². The highest BCUT2D eigenvalue weighted by atomic mass is 28.3. The fourth-order valence-corrected chi connectivity index (χ4v) is 1.75. The van der Waals surface area contributed by atoms with E-state index in [1.54, 1.807) is 7.11 Å². The van der Waals surface area contributed by atoms with Crippen LogP contribution in [0.5, 0.6) is 5.75 Å². The second-order valence-corrected chi connectivity index (χ2v) is 9.54. The van der Waals surface area contributed by atoms with Gasteiger partial charge in [0.25, 0.3) is 0 Å². The van der Waals surface area contributed by atoms with Crippen LogP contribution in [0.15, 0.2) is 30.0 Å². The van der Waals surface area contributed by atoms with E-state index in [0.29, 0.717) is 0 Å². The molecular formula is C12H18OSi. The maximum absolute atomic E-state index is 5.10. The predicted molar refractivity (Wildman–Crippen MR) is 65.4 cm³/mol. The van der Waals surface area contributed by atoms with Crippen molar-refractivity contribution in [2.45, 2.75) is 19.6 Å². The maximum atomic E-state index is 5.10. The number of rotatable bonds is 3. The molecule has 0 saturated carbocycles. The molecule has 0 heterocycles. The van der Waals surface area contributed by atoms with E-state index < -0.39 is 8.07 Å². The van der Waals surface area contributed by atoms with Crippen LogP contribution in [0.3, 0.4) is 0 Å². The van der Waals surface area contributed by atoms with E-state index in [4.69, 9.17) is 4.74 Å². The molecule has 1 rings (SSSR count). The van der Waals surface area contributed by atoms with Gasteiger partial charge in [0.2, 0.25) is 0 Å². The summed E-state index contributed by atoms with van der Waals surface area (Å²) in [6, 6.07) is 8.14. The van der Waals surface area contributed by atoms with Gasteiger partial charge >= 0.3 is 0 Å². The lowest BCUT2D eigenvalue weighted by Crippen LogP contribution is -2.15. The van der Waals surface area contributed by atoms with E-state index in [2.05, 4.69) is 43.5 Å². The number of ether oxygens (including phenoxy) is 1. The molecule has 0 aliphatic heterocycles. The summed E-state index contributed by atoms with van der Waals surface area (Å²) in [4.78, 5) is 0. The molecule has 0 aliphatic rings. The van der Waals surface area contributed by atoms with Crippen molar-refractivity contribution in [1.29, 1.82) is 0 Å². The van der Waals surface area contributed by atoms with Crippen LogP contribution in [0, 0.1) is 0 Å². The second-order valence-electron chi connectivity index (χ2n) is 4.47. The quantitative estimate of drug-likeness (QED) is 0.687. The minimum absolute atomic E-state index is 0.912. The van der Waals surface area contributed by atoms with Crippen molar-refractivity contribution in [3.63, 3.8) is 0 Å². The van der Waals surface area contributed by atoms with Crippen molar-refractivity contribution in [3.05, 3.63) is 35.5 Å². The third-order valence-electron chi connectivity index (χ3n) is 1.89. The largest absolute Gasteiger partial charge is 0.497 e. The maximum Gasteiger partial charge on any atom is 0.118 e. The van der Waals surface area contributed by atoms with Gasteiger partial charge in [-0.2, -0.15) is 0 Å². The molecule has 1 nitrogen and oxygen atoms in total. The molecule has 0 atom stereocenters. The summed E-state index contributed by atoms with van der Waals surface area (Å²) >= 11 is 0. The first kappa shape index (κ1) is 11.1. The molecule has 1 aromatic rings. The first-order chi connectivity index (χ1) is 6.51. The third kappa shape index (κ3) is 3.79. The molecule has 0 N–H and O–H groups in total. The zero-order chi connectivity index (χ0) is 10.6. The predicted octanol–water partition coefficient (Wildman–Crippen LogP) is 3.59. The summed E-state index contributed by atoms with van der Waals surface area (Å²) in [5.41, 5.74) is 3.59. The fourth-order valence-electron chi connectivity index (χ4n) is 1.06. The summed E-state index contributed by atoms with van der Waals surface area (Å²) < 4.78 is 5.10. The molecule has 76 valence electrons. The van der Waals surface area contributed by atoms with Crippen LogP contribution in [0.4, 0.5) is 0 Å². The second kappa shape index (κ2) is 4.47. The number of benzene rings is 1. The topological polar surface area (TPSA) is 9.23 Å². The standard InChI is InChI=1S/C12H18OSi/c1-13-12-7-5-11(6-8-12)9-10-14(2,3)4/h5-10H,1-4H3. The van der Waals surface area contributed by atoms with Gasteiger partial charge in [-0.1, -0.05) is 43.5 Å². The van der Waals surface area contributed by atoms with E-state index >= 15 is 0 Å². The fraction of sp³-hybridized carbons (Fsp3) is 0.333. The van der Waals surface area contributed by atoms with Crippen molar-refractivity contribution >= 4 is 14.1 Å². The number of methoxy groups -OCH3 is 1. The highest BCUT2D eigenvalue weighted by molar-refractivity contribution is 6.81. The normalized spacial score (nSPS) is 12.0. The Morgan fingerprint density at radius 2 is 1.64 bits per heavy atom. The Labute approximate surface area is 87.4 Å². The molecule has 0 unspecified atom stereocenters. The molecule has 0 aliphatic carbocycles. The molecule has 14 heavy (non-hydrogen) atoms. The minimum Gasteiger partial charge on any atom is -0.497 e. The van der Waals surface area contributed by atoms with Crippen LogP contribution in [-0.2, 0) is 0 Å². The monoisotopic (exact) mass is 206 g/mol. The summed E-state index contributed by atoms with van der Waals surface area (Å²) in [6.07, 6.45) is 2.20. The lowest BCUT2D eigenvalue weighted by molar-refractivity contribution is 0.415. The summed E-state index contributed by atoms with van der Waals surface area (Å²) in [5.74, 6) is 0.912. The molecule has 0 bridgehead atoms. The van der Waals surface area contributed by atoms with Gasteiger partial charge in [-0.3, -0.25) is 0 Å². The highest BCUT2D eigenvalue weighted by Crippen LogP contribution is 2.13. The number of hydrogen-bond donors (Lipinski definition) is 0. The number of hydrogen-bond acceptors (Lipinski definition) is 1. The summed E-state index contributed by atoms with van der Waals surface area (Å²) in [7, 11) is 0.614. The lowest BCUT2D eigenvalue weighted by Gasteiger charge is -2.08. The van der Waals surface area contributed by atoms with E-state index in [9.17, 15) is 0 Å². The first-order valence-electron chi connectivity index (χ1n) is 4.84. The van der Waals surface area contributed by atoms with Crippen molar-refractivity contribution in [1.82, 2.24) is 0 Å². The minimum atomic E-state index is -1.07. The van der Waals surface area contributed by atoms with E-state index in [-0.39, 0.29) is 0 Å². The van der Waals surface area contributed by atoms with E-state index in [0.717, 1.165) is 5.75 Å². The van der Waals surface area contributed by atoms with Gasteiger partial charge in [0, 0.05) is 0 Å². The zero-order valence-electron chi connectivity index (χ0n) is 9.37. The molecule has 0 spiro atoms. The van der Waals surface area contributed by atoms with Gasteiger partial charge in [-0.25, -0.2) is 0 Å². The third-order valence-corrected chi connectivity index (χ3v) is 3.06. The Balaban J connectivity index is 2.74. The molecular weight excluding hydrogens is 188 g/mol. The smallest absolute Gasteiger partial charge is 0.118 e. The summed E-state index contributed by atoms with van der Waals surface area (Å²) in [6.45, 7) is 6.98. The molecule has 0 radical (unpaired) electrons. The SMILES string of the molecule is COc1ccc(C=C[Si](C)(C)C)cc1. The average molecular weight is 206 g/mol. The Hall–Kier alpha value is -1.02. The van der Waals surface area contributed by atoms with Crippen LogP contribution in [0.25, 0.3) is 6.08 Å².